The van der Waals surface area contributed by atoms with Crippen molar-refractivity contribution in [2.24, 2.45) is 4.99 Å². The molecule has 0 bridgehead atoms. The molecule has 0 aliphatic rings. The van der Waals surface area contributed by atoms with Gasteiger partial charge >= 0.3 is 0 Å². The molecule has 1 unspecified atom stereocenters. The number of aliphatic hydroxyl groups is 1. The molecule has 0 radical (unpaired) electrons. The number of amidine groups is 1. The highest BCUT2D eigenvalue weighted by molar-refractivity contribution is 5.90. The van der Waals surface area contributed by atoms with E-state index in [1.54, 1.807) is 13.0 Å². The second-order valence-corrected chi connectivity index (χ2v) is 3.31. The van der Waals surface area contributed by atoms with E-state index in [4.69, 9.17) is 0 Å². The summed E-state index contributed by atoms with van der Waals surface area (Å²) < 4.78 is 0. The summed E-state index contributed by atoms with van der Waals surface area (Å²) in [5.74, 6) is 0.549. The van der Waals surface area contributed by atoms with Gasteiger partial charge in [-0.3, -0.25) is 0 Å². The van der Waals surface area contributed by atoms with E-state index >= 15 is 0 Å². The van der Waals surface area contributed by atoms with Crippen molar-refractivity contribution in [3.8, 4) is 0 Å². The molecule has 0 spiro atoms. The van der Waals surface area contributed by atoms with E-state index < -0.39 is 5.60 Å². The topological polar surface area (TPSA) is 44.6 Å². The first-order chi connectivity index (χ1) is 6.47. The summed E-state index contributed by atoms with van der Waals surface area (Å²) in [6.07, 6.45) is 2.16. The fourth-order valence-corrected chi connectivity index (χ4v) is 0.875. The van der Waals surface area contributed by atoms with Gasteiger partial charge in [-0.25, -0.2) is 4.99 Å². The third kappa shape index (κ3) is 3.75. The number of allylic oxidation sites excluding steroid dienone is 1. The van der Waals surface area contributed by atoms with E-state index in [1.165, 1.54) is 0 Å². The first kappa shape index (κ1) is 12.9. The van der Waals surface area contributed by atoms with Crippen LogP contribution in [-0.4, -0.2) is 23.1 Å². The molecule has 0 amide bonds. The molecule has 3 nitrogen and oxygen atoms in total. The lowest BCUT2D eigenvalue weighted by Crippen LogP contribution is -2.44. The molecule has 0 aromatic carbocycles. The summed E-state index contributed by atoms with van der Waals surface area (Å²) in [6.45, 7) is 13.6. The number of nitrogens with zero attached hydrogens (tertiary/aromatic N) is 1. The number of aliphatic imine (C=N–C) groups is 1. The molecule has 0 saturated carbocycles. The average molecular weight is 196 g/mol. The smallest absolute Gasteiger partial charge is 0.134 e. The van der Waals surface area contributed by atoms with Gasteiger partial charge in [0.1, 0.15) is 11.4 Å². The maximum absolute atomic E-state index is 9.99. The van der Waals surface area contributed by atoms with Gasteiger partial charge in [0.15, 0.2) is 0 Å². The Balaban J connectivity index is 4.83. The lowest BCUT2D eigenvalue weighted by atomic mass is 10.0. The van der Waals surface area contributed by atoms with Crippen LogP contribution in [0.2, 0.25) is 0 Å². The zero-order valence-electron chi connectivity index (χ0n) is 9.30. The highest BCUT2D eigenvalue weighted by Gasteiger charge is 2.24. The van der Waals surface area contributed by atoms with Crippen LogP contribution in [0.25, 0.3) is 0 Å². The minimum Gasteiger partial charge on any atom is -0.382 e. The third-order valence-electron chi connectivity index (χ3n) is 2.03. The van der Waals surface area contributed by atoms with Crippen LogP contribution in [0.4, 0.5) is 0 Å². The van der Waals surface area contributed by atoms with Crippen molar-refractivity contribution in [1.29, 1.82) is 0 Å². The van der Waals surface area contributed by atoms with Crippen molar-refractivity contribution >= 4 is 5.84 Å². The molecular formula is C11H20N2O. The summed E-state index contributed by atoms with van der Waals surface area (Å²) in [7, 11) is 0. The second kappa shape index (κ2) is 5.60. The Morgan fingerprint density at radius 1 is 1.57 bits per heavy atom. The van der Waals surface area contributed by atoms with Crippen molar-refractivity contribution in [3.63, 3.8) is 0 Å². The maximum Gasteiger partial charge on any atom is 0.134 e. The molecule has 80 valence electrons. The minimum atomic E-state index is -0.929. The minimum absolute atomic E-state index is 0.549. The molecule has 0 aromatic heterocycles. The van der Waals surface area contributed by atoms with Crippen molar-refractivity contribution < 1.29 is 5.11 Å². The summed E-state index contributed by atoms with van der Waals surface area (Å²) >= 11 is 0. The van der Waals surface area contributed by atoms with E-state index in [-0.39, 0.29) is 0 Å². The summed E-state index contributed by atoms with van der Waals surface area (Å²) in [5, 5.41) is 13.0. The van der Waals surface area contributed by atoms with Crippen molar-refractivity contribution in [3.05, 3.63) is 24.9 Å². The Hall–Kier alpha value is -1.09. The van der Waals surface area contributed by atoms with E-state index in [0.29, 0.717) is 18.0 Å². The van der Waals surface area contributed by atoms with Crippen LogP contribution in [0.5, 0.6) is 0 Å². The average Bonchev–Trinajstić information content (AvgIpc) is 2.17. The molecule has 2 N–H and O–H groups in total. The molecule has 3 heteroatoms. The number of rotatable bonds is 5. The predicted octanol–water partition coefficient (Wildman–Crippen LogP) is 1.86. The molecule has 1 atom stereocenters. The van der Waals surface area contributed by atoms with Gasteiger partial charge in [-0.15, -0.1) is 0 Å². The van der Waals surface area contributed by atoms with Gasteiger partial charge < -0.3 is 10.4 Å². The normalized spacial score (nSPS) is 15.9. The molecule has 0 heterocycles. The van der Waals surface area contributed by atoms with Crippen LogP contribution in [0.1, 0.15) is 27.2 Å². The molecule has 0 aliphatic heterocycles. The van der Waals surface area contributed by atoms with Gasteiger partial charge in [-0.05, 0) is 26.3 Å². The van der Waals surface area contributed by atoms with Crippen LogP contribution in [0.3, 0.4) is 0 Å². The first-order valence-corrected chi connectivity index (χ1v) is 4.84. The standard InChI is InChI=1S/C11H20N2O/c1-6-9(4)13-10(12-8-3)11(5,14)7-2/h6,14H,1,4,7-8H2,2-3,5H3,(H,12,13). The third-order valence-corrected chi connectivity index (χ3v) is 2.03. The predicted molar refractivity (Wildman–Crippen MR) is 61.4 cm³/mol. The van der Waals surface area contributed by atoms with Gasteiger partial charge in [-0.2, -0.15) is 0 Å². The summed E-state index contributed by atoms with van der Waals surface area (Å²) in [5.41, 5.74) is -0.378. The Morgan fingerprint density at radius 3 is 2.50 bits per heavy atom. The van der Waals surface area contributed by atoms with Gasteiger partial charge in [0, 0.05) is 6.54 Å². The number of nitrogens with one attached hydrogen (secondary N) is 1. The largest absolute Gasteiger partial charge is 0.382 e. The molecule has 0 aliphatic carbocycles. The van der Waals surface area contributed by atoms with Crippen LogP contribution in [0, 0.1) is 0 Å². The molecule has 0 saturated heterocycles. The Bertz CT molecular complexity index is 242. The van der Waals surface area contributed by atoms with Gasteiger partial charge in [0.05, 0.1) is 5.70 Å². The highest BCUT2D eigenvalue weighted by Crippen LogP contribution is 2.11. The summed E-state index contributed by atoms with van der Waals surface area (Å²) in [6, 6.07) is 0. The van der Waals surface area contributed by atoms with Crippen LogP contribution >= 0.6 is 0 Å². The highest BCUT2D eigenvalue weighted by atomic mass is 16.3. The first-order valence-electron chi connectivity index (χ1n) is 4.84. The molecule has 14 heavy (non-hydrogen) atoms. The Labute approximate surface area is 86.2 Å². The zero-order valence-corrected chi connectivity index (χ0v) is 9.30. The SMILES string of the molecule is C=CC(=C)/N=C(\NCC)C(C)(O)CC. The number of likely N-dealkylation sites (N-methyl/N-ethyl adjacent to an activating group) is 1. The maximum atomic E-state index is 9.99. The van der Waals surface area contributed by atoms with Gasteiger partial charge in [-0.1, -0.05) is 20.1 Å². The fraction of sp³-hybridized carbons (Fsp3) is 0.545. The Morgan fingerprint density at radius 2 is 2.14 bits per heavy atom. The van der Waals surface area contributed by atoms with Crippen molar-refractivity contribution in [2.75, 3.05) is 6.54 Å². The van der Waals surface area contributed by atoms with E-state index in [9.17, 15) is 5.11 Å². The van der Waals surface area contributed by atoms with E-state index in [2.05, 4.69) is 23.5 Å². The van der Waals surface area contributed by atoms with Crippen molar-refractivity contribution in [2.45, 2.75) is 32.8 Å². The van der Waals surface area contributed by atoms with Crippen molar-refractivity contribution in [1.82, 2.24) is 5.32 Å². The van der Waals surface area contributed by atoms with Crippen LogP contribution in [-0.2, 0) is 0 Å². The molecule has 0 rings (SSSR count). The zero-order chi connectivity index (χ0) is 11.2. The molecule has 0 fully saturated rings. The number of hydrogen-bond acceptors (Lipinski definition) is 2. The monoisotopic (exact) mass is 196 g/mol. The van der Waals surface area contributed by atoms with Gasteiger partial charge in [0.2, 0.25) is 0 Å². The second-order valence-electron chi connectivity index (χ2n) is 3.31. The quantitative estimate of drug-likeness (QED) is 0.400. The summed E-state index contributed by atoms with van der Waals surface area (Å²) in [4.78, 5) is 4.17. The fourth-order valence-electron chi connectivity index (χ4n) is 0.875. The van der Waals surface area contributed by atoms with Gasteiger partial charge in [0.25, 0.3) is 0 Å². The van der Waals surface area contributed by atoms with E-state index in [0.717, 1.165) is 6.54 Å². The lowest BCUT2D eigenvalue weighted by molar-refractivity contribution is 0.124. The Kier molecular flexibility index (Phi) is 5.16. The van der Waals surface area contributed by atoms with Crippen LogP contribution in [0.15, 0.2) is 29.9 Å². The van der Waals surface area contributed by atoms with E-state index in [1.807, 2.05) is 13.8 Å². The molecular weight excluding hydrogens is 176 g/mol. The van der Waals surface area contributed by atoms with Crippen LogP contribution < -0.4 is 5.32 Å². The number of hydrogen-bond donors (Lipinski definition) is 2. The molecule has 0 aromatic rings. The lowest BCUT2D eigenvalue weighted by Gasteiger charge is -2.24.